The van der Waals surface area contributed by atoms with Crippen molar-refractivity contribution < 1.29 is 8.85 Å². The summed E-state index contributed by atoms with van der Waals surface area (Å²) in [6.07, 6.45) is -1.54. The zero-order valence-corrected chi connectivity index (χ0v) is 16.4. The Morgan fingerprint density at radius 1 is 1.17 bits per heavy atom. The highest BCUT2D eigenvalue weighted by atomic mass is 35.8. The van der Waals surface area contributed by atoms with Crippen molar-refractivity contribution in [1.82, 2.24) is 0 Å². The van der Waals surface area contributed by atoms with Crippen molar-refractivity contribution in [3.63, 3.8) is 0 Å². The molecule has 0 aliphatic carbocycles. The average Bonchev–Trinajstić information content (AvgIpc) is 2.09. The molecular formula is C11H23Cl3O2Si2. The van der Waals surface area contributed by atoms with Crippen molar-refractivity contribution in [2.24, 2.45) is 0 Å². The molecule has 0 unspecified atom stereocenters. The van der Waals surface area contributed by atoms with Gasteiger partial charge in [-0.3, -0.25) is 0 Å². The second kappa shape index (κ2) is 6.50. The van der Waals surface area contributed by atoms with Gasteiger partial charge >= 0.3 is 6.25 Å². The van der Waals surface area contributed by atoms with Crippen LogP contribution in [0.2, 0.25) is 18.1 Å². The number of halogens is 3. The van der Waals surface area contributed by atoms with E-state index in [0.717, 1.165) is 0 Å². The van der Waals surface area contributed by atoms with E-state index in [2.05, 4.69) is 33.9 Å². The fourth-order valence-corrected chi connectivity index (χ4v) is 3.89. The van der Waals surface area contributed by atoms with Gasteiger partial charge in [0.2, 0.25) is 0 Å². The summed E-state index contributed by atoms with van der Waals surface area (Å²) in [4.78, 5) is 0. The fourth-order valence-electron chi connectivity index (χ4n) is 1.19. The Kier molecular flexibility index (Phi) is 6.79. The summed E-state index contributed by atoms with van der Waals surface area (Å²) in [6, 6.07) is 0. The Hall–Kier alpha value is 0.804. The van der Waals surface area contributed by atoms with E-state index in [1.807, 2.05) is 13.8 Å². The summed E-state index contributed by atoms with van der Waals surface area (Å²) in [6.45, 7) is 14.7. The smallest absolute Gasteiger partial charge is 0.509 e. The van der Waals surface area contributed by atoms with Crippen molar-refractivity contribution in [2.45, 2.75) is 58.9 Å². The SMILES string of the molecule is C/C=C(/O[Si](Cl)(Cl)Cl)[C@H](C)O[Si](C)(C)C(C)(C)C. The van der Waals surface area contributed by atoms with Crippen LogP contribution in [-0.2, 0) is 8.85 Å². The summed E-state index contributed by atoms with van der Waals surface area (Å²) in [5.41, 5.74) is 0. The minimum Gasteiger partial charge on any atom is -0.509 e. The Labute approximate surface area is 127 Å². The molecule has 0 rings (SSSR count). The lowest BCUT2D eigenvalue weighted by Crippen LogP contribution is -2.44. The van der Waals surface area contributed by atoms with E-state index in [0.29, 0.717) is 5.76 Å². The number of allylic oxidation sites excluding steroid dienone is 1. The molecule has 0 N–H and O–H groups in total. The first-order valence-electron chi connectivity index (χ1n) is 5.90. The van der Waals surface area contributed by atoms with Crippen LogP contribution >= 0.6 is 33.2 Å². The Morgan fingerprint density at radius 3 is 1.89 bits per heavy atom. The molecule has 0 aromatic rings. The highest BCUT2D eigenvalue weighted by Gasteiger charge is 2.40. The molecule has 0 aliphatic heterocycles. The van der Waals surface area contributed by atoms with E-state index in [4.69, 9.17) is 42.1 Å². The van der Waals surface area contributed by atoms with Crippen LogP contribution in [0.3, 0.4) is 0 Å². The lowest BCUT2D eigenvalue weighted by molar-refractivity contribution is 0.184. The molecule has 1 atom stereocenters. The third kappa shape index (κ3) is 6.30. The van der Waals surface area contributed by atoms with Crippen molar-refractivity contribution in [1.29, 1.82) is 0 Å². The van der Waals surface area contributed by atoms with E-state index >= 15 is 0 Å². The summed E-state index contributed by atoms with van der Waals surface area (Å²) in [7, 11) is -1.86. The fraction of sp³-hybridized carbons (Fsp3) is 0.818. The minimum absolute atomic E-state index is 0.136. The predicted molar refractivity (Wildman–Crippen MR) is 85.9 cm³/mol. The van der Waals surface area contributed by atoms with Gasteiger partial charge in [0.05, 0.1) is 6.10 Å². The maximum atomic E-state index is 6.19. The van der Waals surface area contributed by atoms with Gasteiger partial charge in [-0.2, -0.15) is 0 Å². The van der Waals surface area contributed by atoms with Crippen LogP contribution in [0.15, 0.2) is 11.8 Å². The van der Waals surface area contributed by atoms with Crippen LogP contribution < -0.4 is 0 Å². The predicted octanol–water partition coefficient (Wildman–Crippen LogP) is 5.47. The standard InChI is InChI=1S/C11H23Cl3O2Si2/c1-8-10(16-18(12,13)14)9(2)15-17(6,7)11(3,4)5/h8-9H,1-7H3/b10-8+/t9-/m0/s1. The Balaban J connectivity index is 4.81. The third-order valence-corrected chi connectivity index (χ3v) is 8.91. The molecule has 0 aromatic heterocycles. The Morgan fingerprint density at radius 2 is 1.61 bits per heavy atom. The molecule has 0 aliphatic rings. The molecular weight excluding hydrogens is 327 g/mol. The normalized spacial score (nSPS) is 16.7. The second-order valence-electron chi connectivity index (χ2n) is 5.76. The summed E-state index contributed by atoms with van der Waals surface area (Å²) in [5.74, 6) is 0.603. The van der Waals surface area contributed by atoms with Gasteiger partial charge in [0.15, 0.2) is 8.32 Å². The highest BCUT2D eigenvalue weighted by Crippen LogP contribution is 2.38. The van der Waals surface area contributed by atoms with Gasteiger partial charge in [-0.15, -0.1) is 0 Å². The summed E-state index contributed by atoms with van der Waals surface area (Å²) >= 11 is 17.3. The monoisotopic (exact) mass is 348 g/mol. The van der Waals surface area contributed by atoms with Crippen LogP contribution in [0, 0.1) is 0 Å². The highest BCUT2D eigenvalue weighted by molar-refractivity contribution is 7.62. The van der Waals surface area contributed by atoms with Gasteiger partial charge in [0.1, 0.15) is 5.76 Å². The lowest BCUT2D eigenvalue weighted by atomic mass is 10.2. The number of hydrogen-bond donors (Lipinski definition) is 0. The zero-order valence-electron chi connectivity index (χ0n) is 12.1. The molecule has 0 saturated heterocycles. The molecule has 0 saturated carbocycles. The molecule has 2 nitrogen and oxygen atoms in total. The zero-order chi connectivity index (χ0) is 14.8. The first-order chi connectivity index (χ1) is 7.80. The van der Waals surface area contributed by atoms with Gasteiger partial charge in [-0.1, -0.05) is 54.0 Å². The van der Waals surface area contributed by atoms with Gasteiger partial charge in [0, 0.05) is 0 Å². The molecule has 0 radical (unpaired) electrons. The maximum Gasteiger partial charge on any atom is 0.555 e. The van der Waals surface area contributed by atoms with Crippen LogP contribution in [-0.4, -0.2) is 20.7 Å². The average molecular weight is 350 g/mol. The molecule has 0 spiro atoms. The summed E-state index contributed by atoms with van der Waals surface area (Å²) < 4.78 is 11.6. The van der Waals surface area contributed by atoms with Gasteiger partial charge < -0.3 is 8.85 Å². The molecule has 18 heavy (non-hydrogen) atoms. The topological polar surface area (TPSA) is 18.5 Å². The van der Waals surface area contributed by atoms with E-state index in [1.54, 1.807) is 6.08 Å². The largest absolute Gasteiger partial charge is 0.555 e. The van der Waals surface area contributed by atoms with Crippen LogP contribution in [0.1, 0.15) is 34.6 Å². The van der Waals surface area contributed by atoms with Gasteiger partial charge in [0.25, 0.3) is 0 Å². The maximum absolute atomic E-state index is 6.19. The first kappa shape index (κ1) is 18.8. The molecule has 0 bridgehead atoms. The Bertz CT molecular complexity index is 306. The third-order valence-electron chi connectivity index (χ3n) is 3.20. The first-order valence-corrected chi connectivity index (χ1v) is 13.7. The van der Waals surface area contributed by atoms with Crippen molar-refractivity contribution >= 4 is 47.8 Å². The molecule has 108 valence electrons. The van der Waals surface area contributed by atoms with Crippen molar-refractivity contribution in [2.75, 3.05) is 0 Å². The van der Waals surface area contributed by atoms with E-state index in [9.17, 15) is 0 Å². The van der Waals surface area contributed by atoms with E-state index in [1.165, 1.54) is 0 Å². The number of rotatable bonds is 5. The van der Waals surface area contributed by atoms with Gasteiger partial charge in [-0.05, 0) is 38.1 Å². The molecule has 7 heteroatoms. The van der Waals surface area contributed by atoms with E-state index < -0.39 is 14.6 Å². The molecule has 0 amide bonds. The van der Waals surface area contributed by atoms with Crippen LogP contribution in [0.4, 0.5) is 0 Å². The van der Waals surface area contributed by atoms with Crippen molar-refractivity contribution in [3.05, 3.63) is 11.8 Å². The van der Waals surface area contributed by atoms with Crippen LogP contribution in [0.5, 0.6) is 0 Å². The molecule has 0 heterocycles. The van der Waals surface area contributed by atoms with Gasteiger partial charge in [-0.25, -0.2) is 0 Å². The van der Waals surface area contributed by atoms with Crippen LogP contribution in [0.25, 0.3) is 0 Å². The quantitative estimate of drug-likeness (QED) is 0.372. The molecule has 0 aromatic carbocycles. The lowest BCUT2D eigenvalue weighted by Gasteiger charge is -2.39. The second-order valence-corrected chi connectivity index (χ2v) is 18.1. The molecule has 0 fully saturated rings. The minimum atomic E-state index is -3.14. The van der Waals surface area contributed by atoms with E-state index in [-0.39, 0.29) is 11.1 Å². The number of hydrogen-bond acceptors (Lipinski definition) is 2. The van der Waals surface area contributed by atoms with Crippen molar-refractivity contribution in [3.8, 4) is 0 Å². The summed E-state index contributed by atoms with van der Waals surface area (Å²) in [5, 5.41) is 0.136.